The molecule has 0 spiro atoms. The van der Waals surface area contributed by atoms with E-state index in [0.29, 0.717) is 19.1 Å². The molecule has 0 radical (unpaired) electrons. The van der Waals surface area contributed by atoms with Crippen molar-refractivity contribution in [1.82, 2.24) is 0 Å². The van der Waals surface area contributed by atoms with Gasteiger partial charge in [0.05, 0.1) is 19.3 Å². The molecule has 0 aromatic heterocycles. The molecule has 5 heteroatoms. The Morgan fingerprint density at radius 2 is 1.59 bits per heavy atom. The van der Waals surface area contributed by atoms with Gasteiger partial charge in [0.25, 0.3) is 0 Å². The molecule has 0 bridgehead atoms. The topological polar surface area (TPSA) is 68.9 Å². The molecule has 0 aliphatic heterocycles. The number of guanidine groups is 1. The molecule has 0 fully saturated rings. The first-order chi connectivity index (χ1) is 13.2. The van der Waals surface area contributed by atoms with Gasteiger partial charge in [-0.1, -0.05) is 54.6 Å². The second-order valence-corrected chi connectivity index (χ2v) is 5.94. The van der Waals surface area contributed by atoms with E-state index in [4.69, 9.17) is 15.2 Å². The van der Waals surface area contributed by atoms with Crippen LogP contribution in [0.25, 0.3) is 0 Å². The quantitative estimate of drug-likeness (QED) is 0.489. The van der Waals surface area contributed by atoms with E-state index in [0.717, 1.165) is 28.3 Å². The van der Waals surface area contributed by atoms with Crippen LogP contribution < -0.4 is 20.5 Å². The van der Waals surface area contributed by atoms with Gasteiger partial charge in [0, 0.05) is 0 Å². The third-order valence-corrected chi connectivity index (χ3v) is 3.97. The minimum atomic E-state index is 0.337. The highest BCUT2D eigenvalue weighted by molar-refractivity contribution is 5.93. The third-order valence-electron chi connectivity index (χ3n) is 3.97. The summed E-state index contributed by atoms with van der Waals surface area (Å²) >= 11 is 0. The molecule has 3 aromatic rings. The van der Waals surface area contributed by atoms with Gasteiger partial charge in [-0.05, 0) is 35.4 Å². The minimum Gasteiger partial charge on any atom is -0.495 e. The number of para-hydroxylation sites is 2. The molecule has 0 aliphatic rings. The van der Waals surface area contributed by atoms with Crippen LogP contribution in [0.3, 0.4) is 0 Å². The summed E-state index contributed by atoms with van der Waals surface area (Å²) in [7, 11) is 1.62. The summed E-state index contributed by atoms with van der Waals surface area (Å²) in [5, 5.41) is 3.06. The number of ether oxygens (including phenoxy) is 2. The van der Waals surface area contributed by atoms with Crippen molar-refractivity contribution >= 4 is 11.6 Å². The van der Waals surface area contributed by atoms with Gasteiger partial charge in [-0.2, -0.15) is 0 Å². The van der Waals surface area contributed by atoms with Crippen molar-refractivity contribution in [3.8, 4) is 11.5 Å². The Balaban J connectivity index is 1.53. The largest absolute Gasteiger partial charge is 0.495 e. The molecule has 0 saturated carbocycles. The van der Waals surface area contributed by atoms with E-state index in [1.54, 1.807) is 7.11 Å². The molecule has 0 aliphatic carbocycles. The SMILES string of the molecule is COc1ccccc1NC(N)=NCc1ccc(OCc2ccccc2)cc1. The molecule has 0 saturated heterocycles. The minimum absolute atomic E-state index is 0.337. The summed E-state index contributed by atoms with van der Waals surface area (Å²) in [6.45, 7) is 1.03. The number of hydrogen-bond donors (Lipinski definition) is 2. The van der Waals surface area contributed by atoms with Crippen LogP contribution in [0.1, 0.15) is 11.1 Å². The fourth-order valence-electron chi connectivity index (χ4n) is 2.53. The molecular weight excluding hydrogens is 338 g/mol. The van der Waals surface area contributed by atoms with Gasteiger partial charge < -0.3 is 20.5 Å². The lowest BCUT2D eigenvalue weighted by molar-refractivity contribution is 0.306. The van der Waals surface area contributed by atoms with Crippen LogP contribution in [0.15, 0.2) is 83.9 Å². The van der Waals surface area contributed by atoms with Crippen LogP contribution >= 0.6 is 0 Å². The van der Waals surface area contributed by atoms with Gasteiger partial charge in [0.1, 0.15) is 18.1 Å². The molecular formula is C22H23N3O2. The van der Waals surface area contributed by atoms with E-state index in [2.05, 4.69) is 10.3 Å². The molecule has 3 N–H and O–H groups in total. The lowest BCUT2D eigenvalue weighted by Crippen LogP contribution is -2.22. The Kier molecular flexibility index (Phi) is 6.30. The molecule has 0 unspecified atom stereocenters. The summed E-state index contributed by atoms with van der Waals surface area (Å²) in [4.78, 5) is 4.38. The zero-order chi connectivity index (χ0) is 18.9. The molecule has 0 heterocycles. The van der Waals surface area contributed by atoms with Crippen molar-refractivity contribution in [2.45, 2.75) is 13.2 Å². The normalized spacial score (nSPS) is 11.1. The predicted octanol–water partition coefficient (Wildman–Crippen LogP) is 4.20. The maximum absolute atomic E-state index is 5.98. The number of hydrogen-bond acceptors (Lipinski definition) is 3. The van der Waals surface area contributed by atoms with Crippen molar-refractivity contribution in [2.75, 3.05) is 12.4 Å². The first-order valence-corrected chi connectivity index (χ1v) is 8.70. The van der Waals surface area contributed by atoms with Gasteiger partial charge in [-0.25, -0.2) is 4.99 Å². The number of methoxy groups -OCH3 is 1. The third kappa shape index (κ3) is 5.51. The Morgan fingerprint density at radius 3 is 2.33 bits per heavy atom. The molecule has 27 heavy (non-hydrogen) atoms. The zero-order valence-electron chi connectivity index (χ0n) is 15.3. The summed E-state index contributed by atoms with van der Waals surface area (Å²) < 4.78 is 11.1. The van der Waals surface area contributed by atoms with Gasteiger partial charge in [-0.3, -0.25) is 0 Å². The average Bonchev–Trinajstić information content (AvgIpc) is 2.72. The molecule has 5 nitrogen and oxygen atoms in total. The number of nitrogens with one attached hydrogen (secondary N) is 1. The lowest BCUT2D eigenvalue weighted by Gasteiger charge is -2.10. The summed E-state index contributed by atoms with van der Waals surface area (Å²) in [5.74, 6) is 1.88. The summed E-state index contributed by atoms with van der Waals surface area (Å²) in [5.41, 5.74) is 8.95. The van der Waals surface area contributed by atoms with E-state index in [-0.39, 0.29) is 0 Å². The number of nitrogens with zero attached hydrogens (tertiary/aromatic N) is 1. The smallest absolute Gasteiger partial charge is 0.193 e. The molecule has 3 aromatic carbocycles. The predicted molar refractivity (Wildman–Crippen MR) is 109 cm³/mol. The van der Waals surface area contributed by atoms with Crippen molar-refractivity contribution in [2.24, 2.45) is 10.7 Å². The molecule has 0 atom stereocenters. The molecule has 3 rings (SSSR count). The highest BCUT2D eigenvalue weighted by Gasteiger charge is 2.02. The van der Waals surface area contributed by atoms with Gasteiger partial charge in [-0.15, -0.1) is 0 Å². The van der Waals surface area contributed by atoms with Crippen molar-refractivity contribution in [3.05, 3.63) is 90.0 Å². The summed E-state index contributed by atoms with van der Waals surface area (Å²) in [6.07, 6.45) is 0. The highest BCUT2D eigenvalue weighted by atomic mass is 16.5. The van der Waals surface area contributed by atoms with Crippen molar-refractivity contribution < 1.29 is 9.47 Å². The van der Waals surface area contributed by atoms with E-state index in [1.807, 2.05) is 78.9 Å². The van der Waals surface area contributed by atoms with Gasteiger partial charge >= 0.3 is 0 Å². The number of aliphatic imine (C=N–C) groups is 1. The van der Waals surface area contributed by atoms with Crippen LogP contribution in [0.2, 0.25) is 0 Å². The van der Waals surface area contributed by atoms with Crippen molar-refractivity contribution in [3.63, 3.8) is 0 Å². The average molecular weight is 361 g/mol. The van der Waals surface area contributed by atoms with Crippen LogP contribution in [0, 0.1) is 0 Å². The Bertz CT molecular complexity index is 878. The fraction of sp³-hybridized carbons (Fsp3) is 0.136. The number of nitrogens with two attached hydrogens (primary N) is 1. The highest BCUT2D eigenvalue weighted by Crippen LogP contribution is 2.22. The monoisotopic (exact) mass is 361 g/mol. The van der Waals surface area contributed by atoms with Gasteiger partial charge in [0.15, 0.2) is 5.96 Å². The second-order valence-electron chi connectivity index (χ2n) is 5.94. The molecule has 0 amide bonds. The van der Waals surface area contributed by atoms with E-state index in [9.17, 15) is 0 Å². The number of anilines is 1. The Morgan fingerprint density at radius 1 is 0.889 bits per heavy atom. The van der Waals surface area contributed by atoms with Crippen LogP contribution in [-0.4, -0.2) is 13.1 Å². The van der Waals surface area contributed by atoms with Crippen LogP contribution in [0.4, 0.5) is 5.69 Å². The Labute approximate surface area is 159 Å². The fourth-order valence-corrected chi connectivity index (χ4v) is 2.53. The number of benzene rings is 3. The first-order valence-electron chi connectivity index (χ1n) is 8.70. The van der Waals surface area contributed by atoms with E-state index in [1.165, 1.54) is 0 Å². The first kappa shape index (κ1) is 18.3. The maximum Gasteiger partial charge on any atom is 0.193 e. The van der Waals surface area contributed by atoms with E-state index >= 15 is 0 Å². The zero-order valence-corrected chi connectivity index (χ0v) is 15.3. The second kappa shape index (κ2) is 9.29. The maximum atomic E-state index is 5.98. The Hall–Kier alpha value is -3.47. The molecule has 138 valence electrons. The standard InChI is InChI=1S/C22H23N3O2/c1-26-21-10-6-5-9-20(21)25-22(23)24-15-17-11-13-19(14-12-17)27-16-18-7-3-2-4-8-18/h2-14H,15-16H2,1H3,(H3,23,24,25). The number of rotatable bonds is 7. The van der Waals surface area contributed by atoms with Crippen LogP contribution in [-0.2, 0) is 13.2 Å². The lowest BCUT2D eigenvalue weighted by atomic mass is 10.2. The van der Waals surface area contributed by atoms with Crippen LogP contribution in [0.5, 0.6) is 11.5 Å². The van der Waals surface area contributed by atoms with Crippen molar-refractivity contribution in [1.29, 1.82) is 0 Å². The van der Waals surface area contributed by atoms with Gasteiger partial charge in [0.2, 0.25) is 0 Å². The summed E-state index contributed by atoms with van der Waals surface area (Å²) in [6, 6.07) is 25.5. The van der Waals surface area contributed by atoms with E-state index < -0.39 is 0 Å².